The number of carbonyl (C=O) groups excluding carboxylic acids is 1. The minimum absolute atomic E-state index is 0.0245. The van der Waals surface area contributed by atoms with E-state index in [4.69, 9.17) is 4.74 Å². The van der Waals surface area contributed by atoms with Gasteiger partial charge in [-0.3, -0.25) is 4.79 Å². The lowest BCUT2D eigenvalue weighted by Crippen LogP contribution is -2.30. The molecule has 94 valence electrons. The Morgan fingerprint density at radius 2 is 2.50 bits per heavy atom. The van der Waals surface area contributed by atoms with E-state index >= 15 is 0 Å². The second-order valence-electron chi connectivity index (χ2n) is 4.04. The molecule has 1 saturated heterocycles. The van der Waals surface area contributed by atoms with Gasteiger partial charge in [0.25, 0.3) is 5.91 Å². The highest BCUT2D eigenvalue weighted by molar-refractivity contribution is 7.08. The number of hydrogen-bond acceptors (Lipinski definition) is 6. The Morgan fingerprint density at radius 3 is 3.22 bits per heavy atom. The van der Waals surface area contributed by atoms with E-state index in [9.17, 15) is 4.79 Å². The molecule has 2 aromatic heterocycles. The van der Waals surface area contributed by atoms with Gasteiger partial charge in [-0.25, -0.2) is 0 Å². The van der Waals surface area contributed by atoms with Crippen LogP contribution in [0.15, 0.2) is 23.0 Å². The number of nitrogens with zero attached hydrogens (tertiary/aromatic N) is 3. The molecule has 1 aliphatic rings. The summed E-state index contributed by atoms with van der Waals surface area (Å²) in [7, 11) is 0. The van der Waals surface area contributed by atoms with Crippen LogP contribution in [-0.2, 0) is 0 Å². The third-order valence-corrected chi connectivity index (χ3v) is 3.97. The fourth-order valence-electron chi connectivity index (χ4n) is 1.96. The van der Waals surface area contributed by atoms with Gasteiger partial charge in [0.1, 0.15) is 12.3 Å². The summed E-state index contributed by atoms with van der Waals surface area (Å²) in [5, 5.41) is 3.79. The van der Waals surface area contributed by atoms with Gasteiger partial charge >= 0.3 is 0 Å². The molecule has 0 aromatic carbocycles. The Bertz CT molecular complexity index is 512. The molecule has 0 bridgehead atoms. The Kier molecular flexibility index (Phi) is 3.24. The molecule has 0 radical (unpaired) electrons. The van der Waals surface area contributed by atoms with E-state index < -0.39 is 0 Å². The van der Waals surface area contributed by atoms with Gasteiger partial charge in [-0.05, 0) is 11.4 Å². The smallest absolute Gasteiger partial charge is 0.254 e. The van der Waals surface area contributed by atoms with Crippen molar-refractivity contribution in [1.82, 2.24) is 13.6 Å². The van der Waals surface area contributed by atoms with Gasteiger partial charge in [0.15, 0.2) is 0 Å². The molecule has 18 heavy (non-hydrogen) atoms. The Morgan fingerprint density at radius 1 is 1.56 bits per heavy atom. The summed E-state index contributed by atoms with van der Waals surface area (Å²) in [5.41, 5.74) is 0.760. The maximum absolute atomic E-state index is 12.1. The summed E-state index contributed by atoms with van der Waals surface area (Å²) in [5.74, 6) is 0.633. The lowest BCUT2D eigenvalue weighted by molar-refractivity contribution is 0.0772. The van der Waals surface area contributed by atoms with Crippen molar-refractivity contribution in [2.75, 3.05) is 13.1 Å². The van der Waals surface area contributed by atoms with Gasteiger partial charge in [-0.1, -0.05) is 0 Å². The summed E-state index contributed by atoms with van der Waals surface area (Å²) in [4.78, 5) is 13.9. The molecule has 0 aliphatic carbocycles. The van der Waals surface area contributed by atoms with Crippen LogP contribution in [0.2, 0.25) is 0 Å². The lowest BCUT2D eigenvalue weighted by atomic mass is 10.3. The number of thiophene rings is 1. The highest BCUT2D eigenvalue weighted by Crippen LogP contribution is 2.19. The van der Waals surface area contributed by atoms with Crippen molar-refractivity contribution >= 4 is 29.0 Å². The number of ether oxygens (including phenoxy) is 1. The standard InChI is InChI=1S/C11H11N3O2S2/c15-11(8-2-4-17-7-8)14-3-1-9(6-14)16-10-5-12-18-13-10/h2,4-5,7,9H,1,3,6H2. The number of aromatic nitrogens is 2. The van der Waals surface area contributed by atoms with Gasteiger partial charge in [0, 0.05) is 18.3 Å². The highest BCUT2D eigenvalue weighted by atomic mass is 32.1. The Hall–Kier alpha value is -1.47. The van der Waals surface area contributed by atoms with Gasteiger partial charge in [-0.2, -0.15) is 15.7 Å². The number of rotatable bonds is 3. The predicted octanol–water partition coefficient (Wildman–Crippen LogP) is 1.89. The molecule has 1 aliphatic heterocycles. The zero-order chi connectivity index (χ0) is 12.4. The molecular formula is C11H11N3O2S2. The largest absolute Gasteiger partial charge is 0.471 e. The third kappa shape index (κ3) is 2.37. The molecule has 0 spiro atoms. The molecular weight excluding hydrogens is 270 g/mol. The zero-order valence-corrected chi connectivity index (χ0v) is 11.1. The van der Waals surface area contributed by atoms with Crippen LogP contribution < -0.4 is 4.74 Å². The van der Waals surface area contributed by atoms with E-state index in [1.54, 1.807) is 6.20 Å². The fourth-order valence-corrected chi connectivity index (χ4v) is 2.94. The first-order valence-electron chi connectivity index (χ1n) is 5.58. The Balaban J connectivity index is 1.60. The number of hydrogen-bond donors (Lipinski definition) is 0. The Labute approximate surface area is 112 Å². The average molecular weight is 281 g/mol. The van der Waals surface area contributed by atoms with Gasteiger partial charge in [0.2, 0.25) is 5.88 Å². The predicted molar refractivity (Wildman–Crippen MR) is 69.2 cm³/mol. The van der Waals surface area contributed by atoms with Crippen molar-refractivity contribution in [3.63, 3.8) is 0 Å². The van der Waals surface area contributed by atoms with Crippen molar-refractivity contribution in [2.24, 2.45) is 0 Å². The molecule has 0 saturated carbocycles. The maximum atomic E-state index is 12.1. The maximum Gasteiger partial charge on any atom is 0.254 e. The molecule has 5 nitrogen and oxygen atoms in total. The highest BCUT2D eigenvalue weighted by Gasteiger charge is 2.28. The second kappa shape index (κ2) is 5.03. The molecule has 2 aromatic rings. The van der Waals surface area contributed by atoms with E-state index in [-0.39, 0.29) is 12.0 Å². The first-order chi connectivity index (χ1) is 8.83. The van der Waals surface area contributed by atoms with Crippen LogP contribution >= 0.6 is 23.1 Å². The van der Waals surface area contributed by atoms with Gasteiger partial charge in [0.05, 0.1) is 23.8 Å². The molecule has 1 unspecified atom stereocenters. The van der Waals surface area contributed by atoms with Crippen molar-refractivity contribution in [1.29, 1.82) is 0 Å². The SMILES string of the molecule is O=C(c1ccsc1)N1CCC(Oc2cnsn2)C1. The van der Waals surface area contributed by atoms with E-state index in [2.05, 4.69) is 8.75 Å². The van der Waals surface area contributed by atoms with E-state index in [1.165, 1.54) is 11.3 Å². The minimum atomic E-state index is 0.0245. The molecule has 0 N–H and O–H groups in total. The van der Waals surface area contributed by atoms with Crippen LogP contribution in [0.5, 0.6) is 5.88 Å². The van der Waals surface area contributed by atoms with E-state index in [1.807, 2.05) is 21.7 Å². The van der Waals surface area contributed by atoms with Crippen LogP contribution in [0.1, 0.15) is 16.8 Å². The lowest BCUT2D eigenvalue weighted by Gasteiger charge is -2.15. The summed E-state index contributed by atoms with van der Waals surface area (Å²) in [6.07, 6.45) is 2.47. The quantitative estimate of drug-likeness (QED) is 0.862. The van der Waals surface area contributed by atoms with Gasteiger partial charge < -0.3 is 9.64 Å². The van der Waals surface area contributed by atoms with Crippen molar-refractivity contribution in [3.8, 4) is 5.88 Å². The molecule has 1 fully saturated rings. The summed E-state index contributed by atoms with van der Waals surface area (Å²) >= 11 is 2.66. The summed E-state index contributed by atoms with van der Waals surface area (Å²) in [6, 6.07) is 1.85. The first-order valence-corrected chi connectivity index (χ1v) is 7.26. The molecule has 3 heterocycles. The first kappa shape index (κ1) is 11.6. The topological polar surface area (TPSA) is 55.3 Å². The van der Waals surface area contributed by atoms with Crippen LogP contribution in [0.4, 0.5) is 0 Å². The second-order valence-corrected chi connectivity index (χ2v) is 5.37. The van der Waals surface area contributed by atoms with Crippen molar-refractivity contribution in [3.05, 3.63) is 28.6 Å². The van der Waals surface area contributed by atoms with Crippen molar-refractivity contribution in [2.45, 2.75) is 12.5 Å². The van der Waals surface area contributed by atoms with Crippen molar-refractivity contribution < 1.29 is 9.53 Å². The zero-order valence-electron chi connectivity index (χ0n) is 9.48. The molecule has 7 heteroatoms. The number of amides is 1. The van der Waals surface area contributed by atoms with E-state index in [0.717, 1.165) is 30.3 Å². The monoisotopic (exact) mass is 281 g/mol. The summed E-state index contributed by atoms with van der Waals surface area (Å²) in [6.45, 7) is 1.35. The van der Waals surface area contributed by atoms with Gasteiger partial charge in [-0.15, -0.1) is 4.37 Å². The number of carbonyl (C=O) groups is 1. The molecule has 3 rings (SSSR count). The van der Waals surface area contributed by atoms with Crippen LogP contribution in [0.3, 0.4) is 0 Å². The minimum Gasteiger partial charge on any atom is -0.471 e. The molecule has 1 amide bonds. The fraction of sp³-hybridized carbons (Fsp3) is 0.364. The summed E-state index contributed by atoms with van der Waals surface area (Å²) < 4.78 is 13.6. The van der Waals surface area contributed by atoms with Crippen LogP contribution in [-0.4, -0.2) is 38.7 Å². The van der Waals surface area contributed by atoms with E-state index in [0.29, 0.717) is 12.4 Å². The van der Waals surface area contributed by atoms with Crippen LogP contribution in [0.25, 0.3) is 0 Å². The normalized spacial score (nSPS) is 19.1. The third-order valence-electron chi connectivity index (χ3n) is 2.83. The molecule has 1 atom stereocenters. The number of likely N-dealkylation sites (tertiary alicyclic amines) is 1. The average Bonchev–Trinajstić information content (AvgIpc) is 3.11. The van der Waals surface area contributed by atoms with Crippen LogP contribution in [0, 0.1) is 0 Å².